The molecule has 1 heterocycles. The van der Waals surface area contributed by atoms with Crippen LogP contribution in [0.4, 0.5) is 0 Å². The number of Topliss-reactive ketones (excluding diaryl/α,β-unsaturated/α-hetero) is 1. The van der Waals surface area contributed by atoms with E-state index >= 15 is 0 Å². The second kappa shape index (κ2) is 10.7. The topological polar surface area (TPSA) is 91.8 Å². The van der Waals surface area contributed by atoms with Crippen molar-refractivity contribution >= 4 is 5.78 Å². The Labute approximate surface area is 165 Å². The van der Waals surface area contributed by atoms with E-state index in [1.165, 1.54) is 0 Å². The Kier molecular flexibility index (Phi) is 7.67. The number of nitrogens with one attached hydrogen (secondary N) is 1. The van der Waals surface area contributed by atoms with Gasteiger partial charge in [-0.1, -0.05) is 59.8 Å². The zero-order valence-electron chi connectivity index (χ0n) is 16.1. The van der Waals surface area contributed by atoms with E-state index in [0.717, 1.165) is 43.5 Å². The molecule has 3 atom stereocenters. The molecular formula is C22H28N4O2. The van der Waals surface area contributed by atoms with Gasteiger partial charge in [0.15, 0.2) is 5.82 Å². The summed E-state index contributed by atoms with van der Waals surface area (Å²) < 4.78 is 0. The minimum Gasteiger partial charge on any atom is -0.389 e. The first kappa shape index (κ1) is 20.1. The van der Waals surface area contributed by atoms with Crippen molar-refractivity contribution in [2.45, 2.75) is 51.0 Å². The van der Waals surface area contributed by atoms with Gasteiger partial charge in [-0.25, -0.2) is 0 Å². The number of H-pyrrole nitrogens is 1. The number of carbonyl (C=O) groups excluding carboxylic acids is 1. The summed E-state index contributed by atoms with van der Waals surface area (Å²) in [7, 11) is 0. The first-order chi connectivity index (χ1) is 13.7. The Morgan fingerprint density at radius 2 is 2.11 bits per heavy atom. The monoisotopic (exact) mass is 380 g/mol. The summed E-state index contributed by atoms with van der Waals surface area (Å²) in [5, 5.41) is 24.1. The lowest BCUT2D eigenvalue weighted by Crippen LogP contribution is -2.13. The third kappa shape index (κ3) is 6.23. The van der Waals surface area contributed by atoms with Crippen molar-refractivity contribution in [3.63, 3.8) is 0 Å². The Morgan fingerprint density at radius 1 is 1.25 bits per heavy atom. The van der Waals surface area contributed by atoms with Crippen LogP contribution in [-0.2, 0) is 17.6 Å². The third-order valence-corrected chi connectivity index (χ3v) is 5.24. The van der Waals surface area contributed by atoms with Gasteiger partial charge in [-0.2, -0.15) is 5.21 Å². The number of carbonyl (C=O) groups is 1. The second-order valence-corrected chi connectivity index (χ2v) is 7.34. The molecule has 3 unspecified atom stereocenters. The van der Waals surface area contributed by atoms with E-state index in [1.807, 2.05) is 42.5 Å². The van der Waals surface area contributed by atoms with E-state index in [0.29, 0.717) is 18.6 Å². The molecule has 6 nitrogen and oxygen atoms in total. The van der Waals surface area contributed by atoms with Crippen molar-refractivity contribution in [3.8, 4) is 0 Å². The van der Waals surface area contributed by atoms with E-state index in [1.54, 1.807) is 0 Å². The number of tetrazole rings is 1. The number of aromatic amines is 1. The van der Waals surface area contributed by atoms with Crippen molar-refractivity contribution in [1.29, 1.82) is 0 Å². The highest BCUT2D eigenvalue weighted by molar-refractivity contribution is 5.83. The van der Waals surface area contributed by atoms with E-state index < -0.39 is 6.10 Å². The molecule has 0 saturated heterocycles. The van der Waals surface area contributed by atoms with Crippen LogP contribution in [0.1, 0.15) is 43.5 Å². The summed E-state index contributed by atoms with van der Waals surface area (Å²) in [4.78, 5) is 12.2. The lowest BCUT2D eigenvalue weighted by molar-refractivity contribution is -0.120. The Hall–Kier alpha value is -2.60. The first-order valence-corrected chi connectivity index (χ1v) is 10.0. The highest BCUT2D eigenvalue weighted by atomic mass is 16.3. The normalized spacial score (nSPS) is 21.1. The van der Waals surface area contributed by atoms with E-state index in [9.17, 15) is 9.90 Å². The highest BCUT2D eigenvalue weighted by Crippen LogP contribution is 2.33. The molecule has 1 saturated carbocycles. The van der Waals surface area contributed by atoms with Crippen LogP contribution < -0.4 is 0 Å². The number of rotatable bonds is 10. The van der Waals surface area contributed by atoms with E-state index in [2.05, 4.69) is 32.8 Å². The summed E-state index contributed by atoms with van der Waals surface area (Å²) in [6.45, 7) is 0. The van der Waals surface area contributed by atoms with Gasteiger partial charge in [0.25, 0.3) is 0 Å². The fourth-order valence-corrected chi connectivity index (χ4v) is 3.69. The van der Waals surface area contributed by atoms with Crippen molar-refractivity contribution in [1.82, 2.24) is 20.6 Å². The van der Waals surface area contributed by atoms with Crippen LogP contribution in [0.25, 0.3) is 0 Å². The zero-order chi connectivity index (χ0) is 19.6. The number of ketones is 1. The molecule has 2 N–H and O–H groups in total. The predicted molar refractivity (Wildman–Crippen MR) is 107 cm³/mol. The number of aryl methyl sites for hydroxylation is 1. The molecule has 6 heteroatoms. The molecule has 0 bridgehead atoms. The molecule has 0 aliphatic heterocycles. The van der Waals surface area contributed by atoms with Crippen LogP contribution in [0.15, 0.2) is 54.6 Å². The van der Waals surface area contributed by atoms with Gasteiger partial charge in [-0.3, -0.25) is 4.79 Å². The van der Waals surface area contributed by atoms with Gasteiger partial charge in [0.1, 0.15) is 5.78 Å². The average molecular weight is 380 g/mol. The quantitative estimate of drug-likeness (QED) is 0.488. The van der Waals surface area contributed by atoms with Gasteiger partial charge in [0.05, 0.1) is 6.10 Å². The van der Waals surface area contributed by atoms with Gasteiger partial charge in [-0.05, 0) is 37.2 Å². The van der Waals surface area contributed by atoms with E-state index in [4.69, 9.17) is 0 Å². The lowest BCUT2D eigenvalue weighted by atomic mass is 9.91. The Bertz CT molecular complexity index is 771. The number of allylic oxidation sites excluding steroid dienone is 3. The van der Waals surface area contributed by atoms with Crippen LogP contribution in [0, 0.1) is 11.8 Å². The molecule has 0 radical (unpaired) electrons. The zero-order valence-corrected chi connectivity index (χ0v) is 16.1. The summed E-state index contributed by atoms with van der Waals surface area (Å²) >= 11 is 0. The van der Waals surface area contributed by atoms with Gasteiger partial charge < -0.3 is 5.11 Å². The predicted octanol–water partition coefficient (Wildman–Crippen LogP) is 3.22. The molecule has 2 aromatic rings. The number of aliphatic hydroxyl groups is 1. The third-order valence-electron chi connectivity index (χ3n) is 5.24. The lowest BCUT2D eigenvalue weighted by Gasteiger charge is -2.14. The van der Waals surface area contributed by atoms with Crippen molar-refractivity contribution < 1.29 is 9.90 Å². The molecule has 28 heavy (non-hydrogen) atoms. The fourth-order valence-electron chi connectivity index (χ4n) is 3.69. The van der Waals surface area contributed by atoms with Crippen LogP contribution >= 0.6 is 0 Å². The number of hydrogen-bond acceptors (Lipinski definition) is 5. The minimum absolute atomic E-state index is 0.0358. The molecule has 3 rings (SSSR count). The molecule has 1 aliphatic rings. The fraction of sp³-hybridized carbons (Fsp3) is 0.455. The highest BCUT2D eigenvalue weighted by Gasteiger charge is 2.31. The van der Waals surface area contributed by atoms with Gasteiger partial charge in [0, 0.05) is 25.2 Å². The van der Waals surface area contributed by atoms with Crippen molar-refractivity contribution in [2.24, 2.45) is 11.8 Å². The maximum absolute atomic E-state index is 12.2. The van der Waals surface area contributed by atoms with Gasteiger partial charge in [0.2, 0.25) is 0 Å². The maximum atomic E-state index is 12.2. The molecule has 148 valence electrons. The number of hydrogen-bond donors (Lipinski definition) is 2. The second-order valence-electron chi connectivity index (χ2n) is 7.34. The van der Waals surface area contributed by atoms with Gasteiger partial charge >= 0.3 is 0 Å². The smallest absolute Gasteiger partial charge is 0.174 e. The summed E-state index contributed by atoms with van der Waals surface area (Å²) in [5.41, 5.74) is 1.11. The van der Waals surface area contributed by atoms with E-state index in [-0.39, 0.29) is 11.8 Å². The SMILES string of the molecule is O=C1CCC(C=CC(O)Cc2ccccc2)C1C/C=C\CCCc1nn[nH]n1. The largest absolute Gasteiger partial charge is 0.389 e. The molecule has 1 aromatic carbocycles. The summed E-state index contributed by atoms with van der Waals surface area (Å²) in [6.07, 6.45) is 13.2. The van der Waals surface area contributed by atoms with Crippen LogP contribution in [0.3, 0.4) is 0 Å². The summed E-state index contributed by atoms with van der Waals surface area (Å²) in [6, 6.07) is 9.96. The van der Waals surface area contributed by atoms with Crippen LogP contribution in [0.2, 0.25) is 0 Å². The average Bonchev–Trinajstić information content (AvgIpc) is 3.34. The number of aromatic nitrogens is 4. The molecular weight excluding hydrogens is 352 g/mol. The van der Waals surface area contributed by atoms with Crippen LogP contribution in [0.5, 0.6) is 0 Å². The number of benzene rings is 1. The Balaban J connectivity index is 1.42. The number of unbranched alkanes of at least 4 members (excludes halogenated alkanes) is 1. The maximum Gasteiger partial charge on any atom is 0.174 e. The van der Waals surface area contributed by atoms with Crippen molar-refractivity contribution in [3.05, 3.63) is 66.0 Å². The summed E-state index contributed by atoms with van der Waals surface area (Å²) in [5.74, 6) is 1.33. The van der Waals surface area contributed by atoms with Gasteiger partial charge in [-0.15, -0.1) is 10.2 Å². The molecule has 1 aromatic heterocycles. The van der Waals surface area contributed by atoms with Crippen molar-refractivity contribution in [2.75, 3.05) is 0 Å². The first-order valence-electron chi connectivity index (χ1n) is 10.0. The minimum atomic E-state index is -0.514. The van der Waals surface area contributed by atoms with Crippen LogP contribution in [-0.4, -0.2) is 37.6 Å². The number of nitrogens with zero attached hydrogens (tertiary/aromatic N) is 3. The molecule has 0 spiro atoms. The molecule has 1 aliphatic carbocycles. The number of aliphatic hydroxyl groups excluding tert-OH is 1. The standard InChI is InChI=1S/C22H28N4O2/c27-19(16-17-8-4-3-5-9-17)14-12-18-13-15-21(28)20(18)10-6-1-2-7-11-22-23-25-26-24-22/h1,3-6,8-9,12,14,18-20,27H,2,7,10-11,13,15-16H2,(H,23,24,25,26)/b6-1-,14-12?. The molecule has 0 amide bonds. The molecule has 1 fully saturated rings. The Morgan fingerprint density at radius 3 is 2.89 bits per heavy atom.